The summed E-state index contributed by atoms with van der Waals surface area (Å²) in [7, 11) is 1.67. The van der Waals surface area contributed by atoms with E-state index in [1.54, 1.807) is 41.6 Å². The fourth-order valence-corrected chi connectivity index (χ4v) is 5.34. The number of nitrogens with two attached hydrogens (primary N) is 1. The number of carbonyl (C=O) groups is 2. The number of ether oxygens (including phenoxy) is 2. The fraction of sp³-hybridized carbons (Fsp3) is 0.385. The summed E-state index contributed by atoms with van der Waals surface area (Å²) in [6.07, 6.45) is 7.25. The maximum Gasteiger partial charge on any atom is 0.503 e. The van der Waals surface area contributed by atoms with Crippen molar-refractivity contribution < 1.29 is 29.3 Å². The third kappa shape index (κ3) is 6.56. The zero-order chi connectivity index (χ0) is 27.9. The van der Waals surface area contributed by atoms with Gasteiger partial charge in [-0.25, -0.2) is 14.8 Å². The van der Waals surface area contributed by atoms with Crippen LogP contribution in [0.15, 0.2) is 36.1 Å². The van der Waals surface area contributed by atoms with E-state index in [0.717, 1.165) is 53.2 Å². The molecule has 39 heavy (non-hydrogen) atoms. The Bertz CT molecular complexity index is 1410. The minimum atomic E-state index is -1.83. The van der Waals surface area contributed by atoms with Crippen molar-refractivity contribution in [2.24, 2.45) is 0 Å². The topological polar surface area (TPSA) is 175 Å². The van der Waals surface area contributed by atoms with Crippen molar-refractivity contribution in [1.29, 1.82) is 0 Å². The molecule has 0 radical (unpaired) electrons. The van der Waals surface area contributed by atoms with E-state index < -0.39 is 6.16 Å². The minimum Gasteiger partial charge on any atom is -0.450 e. The molecule has 0 unspecified atom stereocenters. The van der Waals surface area contributed by atoms with Crippen molar-refractivity contribution in [3.63, 3.8) is 0 Å². The molecule has 4 aromatic rings. The van der Waals surface area contributed by atoms with Crippen LogP contribution in [0.2, 0.25) is 0 Å². The highest BCUT2D eigenvalue weighted by atomic mass is 32.1. The van der Waals surface area contributed by atoms with Crippen molar-refractivity contribution in [3.8, 4) is 21.8 Å². The quantitative estimate of drug-likeness (QED) is 0.205. The predicted molar refractivity (Wildman–Crippen MR) is 145 cm³/mol. The van der Waals surface area contributed by atoms with Gasteiger partial charge in [-0.2, -0.15) is 9.61 Å². The lowest BCUT2D eigenvalue weighted by Crippen LogP contribution is -2.24. The van der Waals surface area contributed by atoms with Crippen LogP contribution in [0.4, 0.5) is 10.6 Å². The molecule has 13 heteroatoms. The number of carboxylic acid groups (broad SMARTS) is 2. The number of nitrogens with zero attached hydrogens (tertiary/aromatic N) is 5. The smallest absolute Gasteiger partial charge is 0.450 e. The molecule has 4 N–H and O–H groups in total. The zero-order valence-corrected chi connectivity index (χ0v) is 22.4. The summed E-state index contributed by atoms with van der Waals surface area (Å²) in [4.78, 5) is 35.1. The number of methoxy groups -OCH3 is 1. The highest BCUT2D eigenvalue weighted by Crippen LogP contribution is 2.38. The number of rotatable bonds is 8. The molecule has 206 valence electrons. The Morgan fingerprint density at radius 3 is 2.46 bits per heavy atom. The van der Waals surface area contributed by atoms with Crippen LogP contribution >= 0.6 is 11.3 Å². The van der Waals surface area contributed by atoms with Gasteiger partial charge in [-0.3, -0.25) is 9.78 Å². The SMILES string of the molecule is COCCOC1CCC(c2nc3c(-c4ccc(-c5nccs5)nc4)cnn3c(N)c2C(C)=O)CC1.O=C(O)O. The number of hydrogen-bond donors (Lipinski definition) is 3. The Hall–Kier alpha value is -3.94. The van der Waals surface area contributed by atoms with Gasteiger partial charge < -0.3 is 25.4 Å². The van der Waals surface area contributed by atoms with Crippen LogP contribution in [0.1, 0.15) is 54.6 Å². The Morgan fingerprint density at radius 1 is 1.13 bits per heavy atom. The van der Waals surface area contributed by atoms with Crippen LogP contribution in [-0.2, 0) is 9.47 Å². The van der Waals surface area contributed by atoms with Gasteiger partial charge in [0.25, 0.3) is 0 Å². The standard InChI is InChI=1S/C25H28N6O3S.CH2O3/c1-15(32)21-22(16-3-6-18(7-4-16)34-11-10-33-2)30-24-19(14-29-31(24)23(21)26)17-5-8-20(28-13-17)25-27-9-12-35-25;2-1(3)4/h5,8-9,12-14,16,18H,3-4,6-7,10-11,26H2,1-2H3;(H2,2,3,4). The van der Waals surface area contributed by atoms with E-state index in [-0.39, 0.29) is 17.8 Å². The highest BCUT2D eigenvalue weighted by Gasteiger charge is 2.29. The van der Waals surface area contributed by atoms with Crippen molar-refractivity contribution in [3.05, 3.63) is 47.4 Å². The maximum atomic E-state index is 12.6. The molecule has 0 atom stereocenters. The second-order valence-corrected chi connectivity index (χ2v) is 9.89. The van der Waals surface area contributed by atoms with Gasteiger partial charge in [-0.15, -0.1) is 11.3 Å². The first-order valence-corrected chi connectivity index (χ1v) is 13.2. The van der Waals surface area contributed by atoms with Crippen molar-refractivity contribution in [1.82, 2.24) is 24.6 Å². The summed E-state index contributed by atoms with van der Waals surface area (Å²) in [6, 6.07) is 3.93. The molecule has 1 aliphatic carbocycles. The molecule has 5 rings (SSSR count). The maximum absolute atomic E-state index is 12.6. The molecular weight excluding hydrogens is 524 g/mol. The summed E-state index contributed by atoms with van der Waals surface area (Å²) in [5, 5.41) is 21.2. The predicted octanol–water partition coefficient (Wildman–Crippen LogP) is 4.61. The number of carbonyl (C=O) groups excluding carboxylic acids is 1. The molecule has 0 aromatic carbocycles. The Kier molecular flexibility index (Phi) is 9.17. The Morgan fingerprint density at radius 2 is 1.87 bits per heavy atom. The molecule has 12 nitrogen and oxygen atoms in total. The van der Waals surface area contributed by atoms with Crippen LogP contribution < -0.4 is 5.73 Å². The fourth-order valence-electron chi connectivity index (χ4n) is 4.72. The lowest BCUT2D eigenvalue weighted by molar-refractivity contribution is -0.00298. The monoisotopic (exact) mass is 554 g/mol. The van der Waals surface area contributed by atoms with Crippen LogP contribution in [0.25, 0.3) is 27.5 Å². The van der Waals surface area contributed by atoms with E-state index in [1.807, 2.05) is 17.5 Å². The first-order valence-electron chi connectivity index (χ1n) is 12.4. The number of Topliss-reactive ketones (excluding diaryl/α,β-unsaturated/α-hetero) is 1. The molecule has 0 amide bonds. The van der Waals surface area contributed by atoms with E-state index in [4.69, 9.17) is 35.2 Å². The van der Waals surface area contributed by atoms with Gasteiger partial charge in [-0.05, 0) is 38.7 Å². The van der Waals surface area contributed by atoms with E-state index in [9.17, 15) is 4.79 Å². The van der Waals surface area contributed by atoms with Crippen LogP contribution in [0.5, 0.6) is 0 Å². The number of hydrogen-bond acceptors (Lipinski definition) is 10. The van der Waals surface area contributed by atoms with Gasteiger partial charge in [0.05, 0.1) is 42.5 Å². The summed E-state index contributed by atoms with van der Waals surface area (Å²) in [5.41, 5.74) is 10.9. The van der Waals surface area contributed by atoms with Crippen LogP contribution in [-0.4, -0.2) is 73.1 Å². The van der Waals surface area contributed by atoms with Gasteiger partial charge in [0.2, 0.25) is 0 Å². The molecule has 1 fully saturated rings. The summed E-state index contributed by atoms with van der Waals surface area (Å²) in [5.74, 6) is 0.364. The number of anilines is 1. The second kappa shape index (κ2) is 12.7. The average Bonchev–Trinajstić information content (AvgIpc) is 3.60. The third-order valence-corrected chi connectivity index (χ3v) is 7.29. The Balaban J connectivity index is 0.000000826. The molecule has 1 saturated carbocycles. The lowest BCUT2D eigenvalue weighted by Gasteiger charge is -2.29. The molecule has 4 heterocycles. The average molecular weight is 555 g/mol. The second-order valence-electron chi connectivity index (χ2n) is 9.00. The highest BCUT2D eigenvalue weighted by molar-refractivity contribution is 7.13. The number of nitrogen functional groups attached to an aromatic ring is 1. The first-order chi connectivity index (χ1) is 18.8. The van der Waals surface area contributed by atoms with E-state index in [0.29, 0.717) is 30.2 Å². The van der Waals surface area contributed by atoms with Crippen LogP contribution in [0.3, 0.4) is 0 Å². The van der Waals surface area contributed by atoms with Crippen molar-refractivity contribution in [2.45, 2.75) is 44.6 Å². The normalized spacial score (nSPS) is 17.0. The minimum absolute atomic E-state index is 0.100. The summed E-state index contributed by atoms with van der Waals surface area (Å²) >= 11 is 1.55. The van der Waals surface area contributed by atoms with Gasteiger partial charge in [0, 0.05) is 41.9 Å². The van der Waals surface area contributed by atoms with Gasteiger partial charge in [0.1, 0.15) is 10.8 Å². The number of thiazole rings is 1. The summed E-state index contributed by atoms with van der Waals surface area (Å²) in [6.45, 7) is 2.72. The molecule has 0 saturated heterocycles. The van der Waals surface area contributed by atoms with Crippen LogP contribution in [0, 0.1) is 0 Å². The number of aromatic nitrogens is 5. The molecule has 0 bridgehead atoms. The van der Waals surface area contributed by atoms with E-state index >= 15 is 0 Å². The largest absolute Gasteiger partial charge is 0.503 e. The van der Waals surface area contributed by atoms with E-state index in [1.165, 1.54) is 6.92 Å². The Labute approximate surface area is 228 Å². The molecule has 1 aliphatic rings. The molecule has 0 aliphatic heterocycles. The summed E-state index contributed by atoms with van der Waals surface area (Å²) < 4.78 is 12.6. The molecule has 0 spiro atoms. The molecular formula is C26H30N6O6S. The number of pyridine rings is 1. The van der Waals surface area contributed by atoms with Crippen molar-refractivity contribution >= 4 is 34.7 Å². The van der Waals surface area contributed by atoms with Gasteiger partial charge in [-0.1, -0.05) is 6.07 Å². The third-order valence-electron chi connectivity index (χ3n) is 6.49. The zero-order valence-electron chi connectivity index (χ0n) is 21.6. The van der Waals surface area contributed by atoms with Gasteiger partial charge in [0.15, 0.2) is 11.4 Å². The van der Waals surface area contributed by atoms with Gasteiger partial charge >= 0.3 is 6.16 Å². The number of ketones is 1. The number of fused-ring (bicyclic) bond motifs is 1. The van der Waals surface area contributed by atoms with E-state index in [2.05, 4.69) is 15.1 Å². The molecule has 4 aromatic heterocycles. The lowest BCUT2D eigenvalue weighted by atomic mass is 9.83. The first kappa shape index (κ1) is 28.1. The van der Waals surface area contributed by atoms with Crippen molar-refractivity contribution in [2.75, 3.05) is 26.1 Å².